The van der Waals surface area contributed by atoms with Gasteiger partial charge in [-0.15, -0.1) is 0 Å². The van der Waals surface area contributed by atoms with Crippen LogP contribution in [0.2, 0.25) is 0 Å². The minimum Gasteiger partial charge on any atom is -0.456 e. The van der Waals surface area contributed by atoms with Crippen LogP contribution in [0, 0.1) is 0 Å². The minimum atomic E-state index is -4.53. The number of rotatable bonds is 9. The van der Waals surface area contributed by atoms with Crippen LogP contribution in [-0.2, 0) is 19.7 Å². The molecule has 1 aliphatic carbocycles. The van der Waals surface area contributed by atoms with Crippen LogP contribution in [0.3, 0.4) is 0 Å². The molecule has 0 saturated carbocycles. The molecular formula is C25H20N4O6S. The number of carbonyl (C=O) groups excluding carboxylic acids is 2. The molecule has 2 N–H and O–H groups in total. The third kappa shape index (κ3) is 5.43. The molecule has 0 spiro atoms. The Bertz CT molecular complexity index is 1640. The van der Waals surface area contributed by atoms with E-state index in [4.69, 9.17) is 4.42 Å². The second-order valence-electron chi connectivity index (χ2n) is 7.47. The Morgan fingerprint density at radius 3 is 2.47 bits per heavy atom. The number of hydrogen-bond donors (Lipinski definition) is 2. The number of benzene rings is 3. The van der Waals surface area contributed by atoms with Crippen LogP contribution in [0.15, 0.2) is 85.3 Å². The second kappa shape index (κ2) is 10.8. The average Bonchev–Trinajstić information content (AvgIpc) is 2.87. The fraction of sp³-hybridized carbons (Fsp3) is 0.0800. The van der Waals surface area contributed by atoms with Crippen molar-refractivity contribution in [1.29, 1.82) is 0 Å². The monoisotopic (exact) mass is 504 g/mol. The molecule has 2 aromatic carbocycles. The molecule has 0 radical (unpaired) electrons. The number of carbonyl (C=O) groups is 2. The van der Waals surface area contributed by atoms with E-state index in [2.05, 4.69) is 20.7 Å². The van der Waals surface area contributed by atoms with Crippen molar-refractivity contribution in [2.24, 2.45) is 15.3 Å². The lowest BCUT2D eigenvalue weighted by atomic mass is 9.93. The van der Waals surface area contributed by atoms with Gasteiger partial charge in [0.15, 0.2) is 0 Å². The van der Waals surface area contributed by atoms with Crippen molar-refractivity contribution in [3.63, 3.8) is 0 Å². The SMILES string of the molecule is O=CC/C=N\N=c1ccc2c(-c3ccccc3S(=O)(=O)O)c3ccc(N/N=C\CC=O)cc3oc-2c1. The molecule has 0 atom stereocenters. The highest BCUT2D eigenvalue weighted by Gasteiger charge is 2.23. The van der Waals surface area contributed by atoms with E-state index in [1.54, 1.807) is 48.5 Å². The van der Waals surface area contributed by atoms with Crippen molar-refractivity contribution >= 4 is 51.8 Å². The van der Waals surface area contributed by atoms with Crippen molar-refractivity contribution in [3.05, 3.63) is 66.0 Å². The van der Waals surface area contributed by atoms with Crippen molar-refractivity contribution in [2.75, 3.05) is 5.43 Å². The number of fused-ring (bicyclic) bond motifs is 2. The number of hydrogen-bond acceptors (Lipinski definition) is 9. The zero-order valence-electron chi connectivity index (χ0n) is 18.7. The van der Waals surface area contributed by atoms with Gasteiger partial charge in [0.2, 0.25) is 0 Å². The molecule has 1 aliphatic heterocycles. The van der Waals surface area contributed by atoms with Crippen LogP contribution >= 0.6 is 0 Å². The summed E-state index contributed by atoms with van der Waals surface area (Å²) >= 11 is 0. The van der Waals surface area contributed by atoms with Gasteiger partial charge in [-0.3, -0.25) is 9.98 Å². The third-order valence-corrected chi connectivity index (χ3v) is 5.99. The highest BCUT2D eigenvalue weighted by Crippen LogP contribution is 2.42. The van der Waals surface area contributed by atoms with Gasteiger partial charge in [0.1, 0.15) is 28.8 Å². The maximum absolute atomic E-state index is 12.2. The fourth-order valence-corrected chi connectivity index (χ4v) is 4.31. The molecule has 11 heteroatoms. The lowest BCUT2D eigenvalue weighted by Gasteiger charge is -2.17. The van der Waals surface area contributed by atoms with Gasteiger partial charge in [-0.1, -0.05) is 18.2 Å². The van der Waals surface area contributed by atoms with Gasteiger partial charge in [0.05, 0.1) is 11.0 Å². The first kappa shape index (κ1) is 24.6. The number of hydrazone groups is 1. The fourth-order valence-electron chi connectivity index (χ4n) is 3.61. The van der Waals surface area contributed by atoms with Crippen LogP contribution in [0.5, 0.6) is 0 Å². The van der Waals surface area contributed by atoms with Crippen molar-refractivity contribution < 1.29 is 27.0 Å². The number of aldehydes is 2. The zero-order chi connectivity index (χ0) is 25.5. The predicted octanol–water partition coefficient (Wildman–Crippen LogP) is 3.91. The van der Waals surface area contributed by atoms with Crippen molar-refractivity contribution in [2.45, 2.75) is 17.7 Å². The van der Waals surface area contributed by atoms with E-state index >= 15 is 0 Å². The van der Waals surface area contributed by atoms with E-state index in [-0.39, 0.29) is 17.7 Å². The molecule has 0 unspecified atom stereocenters. The Morgan fingerprint density at radius 1 is 0.917 bits per heavy atom. The number of nitrogens with one attached hydrogen (secondary N) is 1. The molecule has 0 fully saturated rings. The van der Waals surface area contributed by atoms with Gasteiger partial charge in [-0.2, -0.15) is 23.7 Å². The van der Waals surface area contributed by atoms with E-state index < -0.39 is 10.1 Å². The zero-order valence-corrected chi connectivity index (χ0v) is 19.6. The molecule has 2 aromatic rings. The van der Waals surface area contributed by atoms with Crippen LogP contribution in [-0.4, -0.2) is 38.0 Å². The van der Waals surface area contributed by atoms with Gasteiger partial charge < -0.3 is 14.0 Å². The molecule has 10 nitrogen and oxygen atoms in total. The summed E-state index contributed by atoms with van der Waals surface area (Å²) in [7, 11) is -4.53. The lowest BCUT2D eigenvalue weighted by Crippen LogP contribution is -2.04. The van der Waals surface area contributed by atoms with Gasteiger partial charge >= 0.3 is 0 Å². The lowest BCUT2D eigenvalue weighted by molar-refractivity contribution is -0.107. The molecule has 0 saturated heterocycles. The van der Waals surface area contributed by atoms with Gasteiger partial charge in [-0.05, 0) is 30.3 Å². The van der Waals surface area contributed by atoms with Gasteiger partial charge in [0, 0.05) is 59.5 Å². The van der Waals surface area contributed by atoms with Gasteiger partial charge in [-0.25, -0.2) is 0 Å². The van der Waals surface area contributed by atoms with E-state index in [9.17, 15) is 22.6 Å². The largest absolute Gasteiger partial charge is 0.456 e. The highest BCUT2D eigenvalue weighted by atomic mass is 32.2. The van der Waals surface area contributed by atoms with Crippen LogP contribution in [0.4, 0.5) is 5.69 Å². The molecule has 2 aliphatic rings. The smallest absolute Gasteiger partial charge is 0.295 e. The van der Waals surface area contributed by atoms with Crippen molar-refractivity contribution in [3.8, 4) is 22.5 Å². The summed E-state index contributed by atoms with van der Waals surface area (Å²) < 4.78 is 40.4. The quantitative estimate of drug-likeness (QED) is 0.115. The minimum absolute atomic E-state index is 0.133. The van der Waals surface area contributed by atoms with Crippen LogP contribution in [0.25, 0.3) is 33.4 Å². The Hall–Kier alpha value is -4.48. The summed E-state index contributed by atoms with van der Waals surface area (Å²) in [5.41, 5.74) is 5.20. The standard InChI is InChI=1S/C25H20N4O6S/c30-13-3-11-26-28-17-7-9-19-22(15-17)35-23-16-18(29-27-12-4-14-31)8-10-20(23)25(19)21-5-1-2-6-24(21)36(32,33)34/h1-2,5-16,28H,3-4H2,(H,32,33,34)/b26-11-,27-12-,29-18?. The maximum Gasteiger partial charge on any atom is 0.295 e. The number of nitrogens with zero attached hydrogens (tertiary/aromatic N) is 3. The molecular weight excluding hydrogens is 484 g/mol. The molecule has 36 heavy (non-hydrogen) atoms. The topological polar surface area (TPSA) is 151 Å². The molecule has 4 rings (SSSR count). The van der Waals surface area contributed by atoms with Crippen LogP contribution < -0.4 is 10.8 Å². The summed E-state index contributed by atoms with van der Waals surface area (Å²) in [5, 5.41) is 12.9. The summed E-state index contributed by atoms with van der Waals surface area (Å²) in [5.74, 6) is 0.385. The Balaban J connectivity index is 1.99. The van der Waals surface area contributed by atoms with E-state index in [1.165, 1.54) is 24.6 Å². The van der Waals surface area contributed by atoms with Crippen LogP contribution in [0.1, 0.15) is 12.8 Å². The molecule has 1 heterocycles. The Morgan fingerprint density at radius 2 is 1.69 bits per heavy atom. The molecule has 182 valence electrons. The summed E-state index contributed by atoms with van der Waals surface area (Å²) in [4.78, 5) is 20.7. The summed E-state index contributed by atoms with van der Waals surface area (Å²) in [6.45, 7) is 0. The Labute approximate surface area is 205 Å². The maximum atomic E-state index is 12.2. The average molecular weight is 505 g/mol. The first-order chi connectivity index (χ1) is 17.4. The first-order valence-electron chi connectivity index (χ1n) is 10.7. The second-order valence-corrected chi connectivity index (χ2v) is 8.86. The summed E-state index contributed by atoms with van der Waals surface area (Å²) in [6, 6.07) is 16.3. The van der Waals surface area contributed by atoms with Gasteiger partial charge in [0.25, 0.3) is 10.1 Å². The summed E-state index contributed by atoms with van der Waals surface area (Å²) in [6.07, 6.45) is 4.50. The molecule has 0 bridgehead atoms. The first-order valence-corrected chi connectivity index (χ1v) is 12.1. The molecule has 0 amide bonds. The third-order valence-electron chi connectivity index (χ3n) is 5.08. The van der Waals surface area contributed by atoms with Crippen molar-refractivity contribution in [1.82, 2.24) is 0 Å². The van der Waals surface area contributed by atoms with E-state index in [0.29, 0.717) is 50.8 Å². The van der Waals surface area contributed by atoms with E-state index in [1.807, 2.05) is 0 Å². The highest BCUT2D eigenvalue weighted by molar-refractivity contribution is 7.86. The molecule has 0 aromatic heterocycles. The Kier molecular flexibility index (Phi) is 7.42. The normalized spacial score (nSPS) is 12.6. The number of anilines is 1. The van der Waals surface area contributed by atoms with E-state index in [0.717, 1.165) is 6.29 Å². The predicted molar refractivity (Wildman–Crippen MR) is 136 cm³/mol.